The zero-order valence-corrected chi connectivity index (χ0v) is 16.0. The Morgan fingerprint density at radius 1 is 1.35 bits per heavy atom. The molecule has 5 atom stereocenters. The number of aliphatic hydroxyl groups excluding tert-OH is 1. The number of sulfone groups is 1. The van der Waals surface area contributed by atoms with E-state index in [4.69, 9.17) is 15.2 Å². The standard InChI is InChI=1S/C19H29NO5S/c1-3-7-17-16(19(24-2)18(25-17)10-15(21)11-20)13-26(22,23)12-14-8-5-4-6-9-14/h3-6,8-9,15-19,21H,1,7,10-13,20H2,2H3/t15-,16-,17-,18+,19+/m0/s1. The van der Waals surface area contributed by atoms with Gasteiger partial charge in [-0.2, -0.15) is 0 Å². The van der Waals surface area contributed by atoms with Gasteiger partial charge in [-0.25, -0.2) is 8.42 Å². The first-order valence-corrected chi connectivity index (χ1v) is 10.6. The smallest absolute Gasteiger partial charge is 0.154 e. The van der Waals surface area contributed by atoms with Gasteiger partial charge in [0, 0.05) is 26.0 Å². The molecule has 0 aromatic heterocycles. The van der Waals surface area contributed by atoms with Crippen LogP contribution in [0, 0.1) is 5.92 Å². The predicted octanol–water partition coefficient (Wildman–Crippen LogP) is 1.29. The summed E-state index contributed by atoms with van der Waals surface area (Å²) in [6.07, 6.45) is 0.751. The molecule has 3 N–H and O–H groups in total. The van der Waals surface area contributed by atoms with E-state index in [1.165, 1.54) is 0 Å². The number of methoxy groups -OCH3 is 1. The number of hydrogen-bond acceptors (Lipinski definition) is 6. The van der Waals surface area contributed by atoms with Gasteiger partial charge in [-0.1, -0.05) is 36.4 Å². The van der Waals surface area contributed by atoms with Crippen LogP contribution in [0.4, 0.5) is 0 Å². The minimum atomic E-state index is -3.35. The van der Waals surface area contributed by atoms with E-state index in [1.54, 1.807) is 25.3 Å². The molecule has 0 unspecified atom stereocenters. The van der Waals surface area contributed by atoms with Crippen molar-refractivity contribution in [2.24, 2.45) is 11.7 Å². The third-order valence-corrected chi connectivity index (χ3v) is 6.40. The van der Waals surface area contributed by atoms with E-state index < -0.39 is 22.0 Å². The van der Waals surface area contributed by atoms with Gasteiger partial charge in [0.2, 0.25) is 0 Å². The minimum absolute atomic E-state index is 0.0162. The van der Waals surface area contributed by atoms with Gasteiger partial charge >= 0.3 is 0 Å². The van der Waals surface area contributed by atoms with E-state index in [0.717, 1.165) is 5.56 Å². The summed E-state index contributed by atoms with van der Waals surface area (Å²) in [6, 6.07) is 9.12. The van der Waals surface area contributed by atoms with E-state index in [1.807, 2.05) is 18.2 Å². The number of benzene rings is 1. The lowest BCUT2D eigenvalue weighted by molar-refractivity contribution is -0.0294. The molecule has 1 heterocycles. The highest BCUT2D eigenvalue weighted by atomic mass is 32.2. The zero-order valence-electron chi connectivity index (χ0n) is 15.2. The average molecular weight is 384 g/mol. The van der Waals surface area contributed by atoms with Crippen LogP contribution in [0.15, 0.2) is 43.0 Å². The van der Waals surface area contributed by atoms with Crippen LogP contribution >= 0.6 is 0 Å². The van der Waals surface area contributed by atoms with E-state index in [0.29, 0.717) is 12.8 Å². The molecule has 7 heteroatoms. The summed E-state index contributed by atoms with van der Waals surface area (Å²) in [7, 11) is -1.81. The topological polar surface area (TPSA) is 98.8 Å². The van der Waals surface area contributed by atoms with Gasteiger partial charge in [-0.15, -0.1) is 6.58 Å². The molecule has 0 amide bonds. The molecule has 1 aromatic carbocycles. The Morgan fingerprint density at radius 3 is 2.62 bits per heavy atom. The highest BCUT2D eigenvalue weighted by Crippen LogP contribution is 2.35. The van der Waals surface area contributed by atoms with Crippen LogP contribution in [-0.4, -0.2) is 57.3 Å². The Hall–Kier alpha value is -1.25. The molecular formula is C19H29NO5S. The maximum atomic E-state index is 12.7. The summed E-state index contributed by atoms with van der Waals surface area (Å²) in [6.45, 7) is 3.86. The third-order valence-electron chi connectivity index (χ3n) is 4.74. The van der Waals surface area contributed by atoms with Gasteiger partial charge in [0.05, 0.1) is 35.9 Å². The zero-order chi connectivity index (χ0) is 19.2. The molecule has 1 saturated heterocycles. The first-order valence-electron chi connectivity index (χ1n) is 8.81. The quantitative estimate of drug-likeness (QED) is 0.591. The summed E-state index contributed by atoms with van der Waals surface area (Å²) >= 11 is 0. The maximum Gasteiger partial charge on any atom is 0.154 e. The molecule has 0 radical (unpaired) electrons. The van der Waals surface area contributed by atoms with Crippen molar-refractivity contribution in [2.45, 2.75) is 43.0 Å². The number of aliphatic hydroxyl groups is 1. The Kier molecular flexibility index (Phi) is 7.79. The fourth-order valence-corrected chi connectivity index (χ4v) is 5.36. The van der Waals surface area contributed by atoms with Gasteiger partial charge in [0.15, 0.2) is 9.84 Å². The van der Waals surface area contributed by atoms with Crippen LogP contribution in [0.5, 0.6) is 0 Å². The van der Waals surface area contributed by atoms with Crippen LogP contribution in [-0.2, 0) is 25.1 Å². The van der Waals surface area contributed by atoms with Gasteiger partial charge in [-0.3, -0.25) is 0 Å². The Labute approximate surface area is 155 Å². The molecule has 0 aliphatic carbocycles. The molecule has 1 fully saturated rings. The van der Waals surface area contributed by atoms with Crippen LogP contribution in [0.3, 0.4) is 0 Å². The highest BCUT2D eigenvalue weighted by molar-refractivity contribution is 7.90. The second kappa shape index (κ2) is 9.62. The van der Waals surface area contributed by atoms with Crippen molar-refractivity contribution in [1.82, 2.24) is 0 Å². The van der Waals surface area contributed by atoms with Crippen molar-refractivity contribution in [3.63, 3.8) is 0 Å². The van der Waals surface area contributed by atoms with Crippen LogP contribution < -0.4 is 5.73 Å². The van der Waals surface area contributed by atoms with E-state index >= 15 is 0 Å². The second-order valence-electron chi connectivity index (χ2n) is 6.77. The maximum absolute atomic E-state index is 12.7. The van der Waals surface area contributed by atoms with Crippen LogP contribution in [0.2, 0.25) is 0 Å². The minimum Gasteiger partial charge on any atom is -0.392 e. The van der Waals surface area contributed by atoms with Crippen molar-refractivity contribution in [1.29, 1.82) is 0 Å². The molecule has 0 bridgehead atoms. The molecule has 6 nitrogen and oxygen atoms in total. The highest BCUT2D eigenvalue weighted by Gasteiger charge is 2.46. The number of hydrogen-bond donors (Lipinski definition) is 2. The van der Waals surface area contributed by atoms with Crippen LogP contribution in [0.1, 0.15) is 18.4 Å². The van der Waals surface area contributed by atoms with E-state index in [9.17, 15) is 13.5 Å². The SMILES string of the molecule is C=CC[C@@H]1O[C@H](C[C@H](O)CN)[C@H](OC)[C@H]1CS(=O)(=O)Cc1ccccc1. The largest absolute Gasteiger partial charge is 0.392 e. The summed E-state index contributed by atoms with van der Waals surface area (Å²) in [5.74, 6) is -0.368. The number of rotatable bonds is 10. The van der Waals surface area contributed by atoms with Gasteiger partial charge in [0.1, 0.15) is 0 Å². The fraction of sp³-hybridized carbons (Fsp3) is 0.579. The monoisotopic (exact) mass is 383 g/mol. The van der Waals surface area contributed by atoms with Gasteiger partial charge in [-0.05, 0) is 12.0 Å². The van der Waals surface area contributed by atoms with Crippen molar-refractivity contribution in [3.8, 4) is 0 Å². The molecule has 0 saturated carbocycles. The summed E-state index contributed by atoms with van der Waals surface area (Å²) in [5, 5.41) is 9.86. The van der Waals surface area contributed by atoms with Crippen LogP contribution in [0.25, 0.3) is 0 Å². The molecular weight excluding hydrogens is 354 g/mol. The number of ether oxygens (including phenoxy) is 2. The van der Waals surface area contributed by atoms with Crippen molar-refractivity contribution in [2.75, 3.05) is 19.4 Å². The molecule has 146 valence electrons. The lowest BCUT2D eigenvalue weighted by atomic mass is 9.94. The third kappa shape index (κ3) is 5.62. The van der Waals surface area contributed by atoms with Gasteiger partial charge < -0.3 is 20.3 Å². The van der Waals surface area contributed by atoms with Gasteiger partial charge in [0.25, 0.3) is 0 Å². The fourth-order valence-electron chi connectivity index (χ4n) is 3.55. The molecule has 1 aromatic rings. The van der Waals surface area contributed by atoms with E-state index in [2.05, 4.69) is 6.58 Å². The molecule has 26 heavy (non-hydrogen) atoms. The van der Waals surface area contributed by atoms with Crippen molar-refractivity contribution in [3.05, 3.63) is 48.6 Å². The Bertz CT molecular complexity index is 664. The predicted molar refractivity (Wildman–Crippen MR) is 101 cm³/mol. The van der Waals surface area contributed by atoms with Crippen molar-refractivity contribution >= 4 is 9.84 Å². The average Bonchev–Trinajstić information content (AvgIpc) is 2.91. The first-order chi connectivity index (χ1) is 12.4. The summed E-state index contributed by atoms with van der Waals surface area (Å²) in [4.78, 5) is 0. The Balaban J connectivity index is 2.15. The molecule has 2 rings (SSSR count). The normalized spacial score (nSPS) is 27.3. The summed E-state index contributed by atoms with van der Waals surface area (Å²) in [5.41, 5.74) is 6.25. The summed E-state index contributed by atoms with van der Waals surface area (Å²) < 4.78 is 37.1. The number of nitrogens with two attached hydrogens (primary N) is 1. The Morgan fingerprint density at radius 2 is 2.04 bits per heavy atom. The molecule has 1 aliphatic heterocycles. The lowest BCUT2D eigenvalue weighted by Gasteiger charge is -2.23. The second-order valence-corrected chi connectivity index (χ2v) is 8.88. The lowest BCUT2D eigenvalue weighted by Crippen LogP contribution is -2.37. The van der Waals surface area contributed by atoms with Crippen molar-refractivity contribution < 1.29 is 23.0 Å². The van der Waals surface area contributed by atoms with E-state index in [-0.39, 0.29) is 36.2 Å². The molecule has 1 aliphatic rings. The molecule has 0 spiro atoms. The first kappa shape index (κ1) is 21.1.